The van der Waals surface area contributed by atoms with E-state index >= 15 is 0 Å². The van der Waals surface area contributed by atoms with E-state index in [9.17, 15) is 8.42 Å². The quantitative estimate of drug-likeness (QED) is 0.600. The highest BCUT2D eigenvalue weighted by molar-refractivity contribution is 7.92. The SMILES string of the molecule is C#CCn1c(=NS(=O)(=O)c2ccc(Cl)s2)sc2cc(OCC)ccc21. The Balaban J connectivity index is 2.20. The smallest absolute Gasteiger partial charge is 0.294 e. The van der Waals surface area contributed by atoms with Gasteiger partial charge in [-0.25, -0.2) is 0 Å². The number of fused-ring (bicyclic) bond motifs is 1. The molecule has 0 unspecified atom stereocenters. The van der Waals surface area contributed by atoms with Crippen molar-refractivity contribution < 1.29 is 13.2 Å². The Bertz CT molecular complexity index is 1130. The van der Waals surface area contributed by atoms with E-state index in [2.05, 4.69) is 10.3 Å². The molecule has 0 aliphatic heterocycles. The Morgan fingerprint density at radius 2 is 2.12 bits per heavy atom. The number of sulfonamides is 1. The number of thiazole rings is 1. The number of aromatic nitrogens is 1. The van der Waals surface area contributed by atoms with Crippen molar-refractivity contribution >= 4 is 54.5 Å². The van der Waals surface area contributed by atoms with Crippen LogP contribution in [0.25, 0.3) is 10.2 Å². The lowest BCUT2D eigenvalue weighted by atomic mass is 10.3. The molecule has 0 atom stereocenters. The van der Waals surface area contributed by atoms with Crippen molar-refractivity contribution in [3.63, 3.8) is 0 Å². The van der Waals surface area contributed by atoms with Crippen molar-refractivity contribution in [2.45, 2.75) is 17.7 Å². The molecule has 0 aliphatic rings. The van der Waals surface area contributed by atoms with Crippen LogP contribution in [0.3, 0.4) is 0 Å². The summed E-state index contributed by atoms with van der Waals surface area (Å²) in [7, 11) is -3.85. The number of ether oxygens (including phenoxy) is 1. The first-order valence-electron chi connectivity index (χ1n) is 7.20. The fourth-order valence-electron chi connectivity index (χ4n) is 2.21. The summed E-state index contributed by atoms with van der Waals surface area (Å²) in [6.45, 7) is 2.66. The zero-order valence-electron chi connectivity index (χ0n) is 13.1. The Hall–Kier alpha value is -1.79. The van der Waals surface area contributed by atoms with Crippen LogP contribution < -0.4 is 9.54 Å². The van der Waals surface area contributed by atoms with E-state index in [0.717, 1.165) is 21.6 Å². The van der Waals surface area contributed by atoms with Crippen LogP contribution >= 0.6 is 34.3 Å². The van der Waals surface area contributed by atoms with Crippen molar-refractivity contribution in [1.29, 1.82) is 0 Å². The minimum Gasteiger partial charge on any atom is -0.494 e. The monoisotopic (exact) mass is 412 g/mol. The van der Waals surface area contributed by atoms with Crippen molar-refractivity contribution in [1.82, 2.24) is 4.57 Å². The van der Waals surface area contributed by atoms with Gasteiger partial charge in [0.25, 0.3) is 10.0 Å². The Morgan fingerprint density at radius 3 is 2.76 bits per heavy atom. The van der Waals surface area contributed by atoms with Crippen LogP contribution in [0.15, 0.2) is 38.9 Å². The first-order chi connectivity index (χ1) is 11.9. The molecule has 2 aromatic heterocycles. The van der Waals surface area contributed by atoms with Gasteiger partial charge in [-0.15, -0.1) is 22.2 Å². The molecular weight excluding hydrogens is 400 g/mol. The van der Waals surface area contributed by atoms with Crippen LogP contribution in [0.1, 0.15) is 6.92 Å². The molecule has 5 nitrogen and oxygen atoms in total. The normalized spacial score (nSPS) is 12.4. The molecule has 0 saturated heterocycles. The third-order valence-electron chi connectivity index (χ3n) is 3.22. The van der Waals surface area contributed by atoms with Gasteiger partial charge >= 0.3 is 0 Å². The number of terminal acetylenes is 1. The number of nitrogens with zero attached hydrogens (tertiary/aromatic N) is 2. The maximum atomic E-state index is 12.5. The second-order valence-corrected chi connectivity index (χ2v) is 9.42. The molecule has 0 aliphatic carbocycles. The highest BCUT2D eigenvalue weighted by atomic mass is 35.5. The summed E-state index contributed by atoms with van der Waals surface area (Å²) in [5, 5.41) is 0. The predicted molar refractivity (Wildman–Crippen MR) is 102 cm³/mol. The number of hydrogen-bond donors (Lipinski definition) is 0. The molecule has 0 amide bonds. The van der Waals surface area contributed by atoms with Gasteiger partial charge in [-0.1, -0.05) is 28.9 Å². The molecule has 3 rings (SSSR count). The summed E-state index contributed by atoms with van der Waals surface area (Å²) in [4.78, 5) is 0.311. The van der Waals surface area contributed by atoms with Gasteiger partial charge in [-0.2, -0.15) is 8.42 Å². The number of halogens is 1. The summed E-state index contributed by atoms with van der Waals surface area (Å²) in [5.41, 5.74) is 0.810. The van der Waals surface area contributed by atoms with Crippen LogP contribution in [0.5, 0.6) is 5.75 Å². The molecule has 0 spiro atoms. The summed E-state index contributed by atoms with van der Waals surface area (Å²) in [5.74, 6) is 3.25. The van der Waals surface area contributed by atoms with Crippen LogP contribution in [0.2, 0.25) is 4.34 Å². The summed E-state index contributed by atoms with van der Waals surface area (Å²) in [6.07, 6.45) is 5.44. The number of thiophene rings is 1. The fourth-order valence-corrected chi connectivity index (χ4v) is 5.93. The second-order valence-electron chi connectivity index (χ2n) is 4.86. The van der Waals surface area contributed by atoms with Gasteiger partial charge in [0.2, 0.25) is 4.80 Å². The lowest BCUT2D eigenvalue weighted by Gasteiger charge is -2.03. The molecule has 0 saturated carbocycles. The lowest BCUT2D eigenvalue weighted by Crippen LogP contribution is -2.16. The van der Waals surface area contributed by atoms with E-state index in [1.165, 1.54) is 23.5 Å². The van der Waals surface area contributed by atoms with Crippen LogP contribution in [0, 0.1) is 12.3 Å². The van der Waals surface area contributed by atoms with Gasteiger partial charge in [-0.05, 0) is 37.3 Å². The molecule has 0 radical (unpaired) electrons. The van der Waals surface area contributed by atoms with Crippen molar-refractivity contribution in [3.05, 3.63) is 39.5 Å². The zero-order chi connectivity index (χ0) is 18.0. The average molecular weight is 413 g/mol. The predicted octanol–water partition coefficient (Wildman–Crippen LogP) is 3.74. The summed E-state index contributed by atoms with van der Waals surface area (Å²) in [6, 6.07) is 8.50. The van der Waals surface area contributed by atoms with E-state index in [-0.39, 0.29) is 10.8 Å². The third kappa shape index (κ3) is 3.75. The molecule has 1 aromatic carbocycles. The van der Waals surface area contributed by atoms with E-state index in [1.54, 1.807) is 4.57 Å². The molecule has 2 heterocycles. The molecule has 25 heavy (non-hydrogen) atoms. The lowest BCUT2D eigenvalue weighted by molar-refractivity contribution is 0.341. The Labute approximate surface area is 158 Å². The van der Waals surface area contributed by atoms with Crippen LogP contribution in [-0.2, 0) is 16.6 Å². The van der Waals surface area contributed by atoms with E-state index in [1.807, 2.05) is 25.1 Å². The molecule has 3 aromatic rings. The number of hydrogen-bond acceptors (Lipinski definition) is 5. The van der Waals surface area contributed by atoms with Crippen molar-refractivity contribution in [2.75, 3.05) is 6.61 Å². The van der Waals surface area contributed by atoms with E-state index in [4.69, 9.17) is 22.8 Å². The molecule has 130 valence electrons. The third-order valence-corrected chi connectivity index (χ3v) is 7.34. The minimum atomic E-state index is -3.85. The van der Waals surface area contributed by atoms with Gasteiger partial charge in [-0.3, -0.25) is 0 Å². The Kier molecular flexibility index (Phi) is 5.20. The molecule has 0 fully saturated rings. The van der Waals surface area contributed by atoms with Gasteiger partial charge < -0.3 is 9.30 Å². The fraction of sp³-hybridized carbons (Fsp3) is 0.188. The maximum Gasteiger partial charge on any atom is 0.294 e. The minimum absolute atomic E-state index is 0.0946. The first-order valence-corrected chi connectivity index (χ1v) is 10.7. The van der Waals surface area contributed by atoms with Gasteiger partial charge in [0.1, 0.15) is 9.96 Å². The summed E-state index contributed by atoms with van der Waals surface area (Å²) >= 11 is 8.04. The second kappa shape index (κ2) is 7.22. The standard InChI is InChI=1S/C16H13ClN2O3S3/c1-3-9-19-12-6-5-11(22-4-2)10-13(12)23-16(19)18-25(20,21)15-8-7-14(17)24-15/h1,5-8,10H,4,9H2,2H3. The van der Waals surface area contributed by atoms with Gasteiger partial charge in [0.15, 0.2) is 0 Å². The highest BCUT2D eigenvalue weighted by Crippen LogP contribution is 2.27. The summed E-state index contributed by atoms with van der Waals surface area (Å²) < 4.78 is 37.5. The molecule has 0 bridgehead atoms. The molecule has 0 N–H and O–H groups in total. The van der Waals surface area contributed by atoms with Crippen molar-refractivity contribution in [2.24, 2.45) is 4.40 Å². The average Bonchev–Trinajstić information content (AvgIpc) is 3.13. The van der Waals surface area contributed by atoms with E-state index in [0.29, 0.717) is 21.5 Å². The first kappa shape index (κ1) is 18.0. The zero-order valence-corrected chi connectivity index (χ0v) is 16.3. The van der Waals surface area contributed by atoms with Crippen molar-refractivity contribution in [3.8, 4) is 18.1 Å². The van der Waals surface area contributed by atoms with Gasteiger partial charge in [0, 0.05) is 0 Å². The van der Waals surface area contributed by atoms with E-state index < -0.39 is 10.0 Å². The van der Waals surface area contributed by atoms with Crippen LogP contribution in [0.4, 0.5) is 0 Å². The highest BCUT2D eigenvalue weighted by Gasteiger charge is 2.17. The topological polar surface area (TPSA) is 60.7 Å². The van der Waals surface area contributed by atoms with Crippen LogP contribution in [-0.4, -0.2) is 19.6 Å². The maximum absolute atomic E-state index is 12.5. The van der Waals surface area contributed by atoms with Gasteiger partial charge in [0.05, 0.1) is 27.7 Å². The molecule has 9 heteroatoms. The number of benzene rings is 1. The molecular formula is C16H13ClN2O3S3. The largest absolute Gasteiger partial charge is 0.494 e. The Morgan fingerprint density at radius 1 is 1.32 bits per heavy atom. The number of rotatable bonds is 5.